The molecule has 1 aromatic heterocycles. The summed E-state index contributed by atoms with van der Waals surface area (Å²) in [6.45, 7) is 1.35. The van der Waals surface area contributed by atoms with Crippen LogP contribution in [0.25, 0.3) is 0 Å². The molecule has 0 unspecified atom stereocenters. The Morgan fingerprint density at radius 1 is 0.958 bits per heavy atom. The zero-order valence-electron chi connectivity index (χ0n) is 12.5. The standard InChI is InChI=1S/C16H13F4N3O/c17-11-9-10(13(18)15(20)14(11)19)16(24)23-7-5-22(6-8-23)12-3-1-2-4-21-12/h1-4,9H,5-8H2. The van der Waals surface area contributed by atoms with E-state index in [1.807, 2.05) is 17.0 Å². The second-order valence-electron chi connectivity index (χ2n) is 5.32. The van der Waals surface area contributed by atoms with Crippen LogP contribution in [0.4, 0.5) is 23.4 Å². The SMILES string of the molecule is O=C(c1cc(F)c(F)c(F)c1F)N1CCN(c2ccccn2)CC1. The molecule has 0 N–H and O–H groups in total. The molecule has 2 heterocycles. The molecule has 0 saturated carbocycles. The summed E-state index contributed by atoms with van der Waals surface area (Å²) in [5, 5.41) is 0. The fourth-order valence-corrected chi connectivity index (χ4v) is 2.58. The molecule has 0 radical (unpaired) electrons. The minimum atomic E-state index is -1.98. The first-order valence-corrected chi connectivity index (χ1v) is 7.27. The summed E-state index contributed by atoms with van der Waals surface area (Å²) < 4.78 is 53.3. The smallest absolute Gasteiger partial charge is 0.257 e. The molecule has 1 fully saturated rings. The van der Waals surface area contributed by atoms with E-state index in [9.17, 15) is 22.4 Å². The van der Waals surface area contributed by atoms with Crippen molar-refractivity contribution >= 4 is 11.7 Å². The van der Waals surface area contributed by atoms with Gasteiger partial charge in [-0.25, -0.2) is 22.5 Å². The fraction of sp³-hybridized carbons (Fsp3) is 0.250. The maximum atomic E-state index is 13.7. The highest BCUT2D eigenvalue weighted by Gasteiger charge is 2.28. The number of carbonyl (C=O) groups is 1. The molecule has 2 aromatic rings. The van der Waals surface area contributed by atoms with Crippen LogP contribution in [0.5, 0.6) is 0 Å². The van der Waals surface area contributed by atoms with Crippen LogP contribution in [-0.4, -0.2) is 42.0 Å². The first-order chi connectivity index (χ1) is 11.5. The normalized spacial score (nSPS) is 14.8. The van der Waals surface area contributed by atoms with E-state index in [-0.39, 0.29) is 13.1 Å². The molecule has 3 rings (SSSR count). The van der Waals surface area contributed by atoms with Gasteiger partial charge in [0.15, 0.2) is 23.3 Å². The lowest BCUT2D eigenvalue weighted by molar-refractivity contribution is 0.0739. The summed E-state index contributed by atoms with van der Waals surface area (Å²) in [5.41, 5.74) is -0.808. The van der Waals surface area contributed by atoms with Crippen molar-refractivity contribution in [2.24, 2.45) is 0 Å². The minimum Gasteiger partial charge on any atom is -0.353 e. The predicted molar refractivity (Wildman–Crippen MR) is 78.6 cm³/mol. The van der Waals surface area contributed by atoms with Crippen molar-refractivity contribution in [3.8, 4) is 0 Å². The maximum absolute atomic E-state index is 13.7. The number of halogens is 4. The maximum Gasteiger partial charge on any atom is 0.257 e. The Bertz CT molecular complexity index is 762. The molecule has 0 spiro atoms. The van der Waals surface area contributed by atoms with Crippen LogP contribution >= 0.6 is 0 Å². The Morgan fingerprint density at radius 3 is 2.29 bits per heavy atom. The molecular weight excluding hydrogens is 326 g/mol. The zero-order chi connectivity index (χ0) is 17.3. The molecule has 126 valence electrons. The molecule has 0 atom stereocenters. The lowest BCUT2D eigenvalue weighted by Gasteiger charge is -2.35. The van der Waals surface area contributed by atoms with E-state index in [0.717, 1.165) is 5.82 Å². The highest BCUT2D eigenvalue weighted by atomic mass is 19.2. The lowest BCUT2D eigenvalue weighted by atomic mass is 10.1. The molecule has 1 amide bonds. The number of benzene rings is 1. The summed E-state index contributed by atoms with van der Waals surface area (Å²) in [6.07, 6.45) is 1.65. The number of carbonyl (C=O) groups excluding carboxylic acids is 1. The summed E-state index contributed by atoms with van der Waals surface area (Å²) in [5.74, 6) is -7.30. The third kappa shape index (κ3) is 2.91. The number of amides is 1. The predicted octanol–water partition coefficient (Wildman–Crippen LogP) is 2.60. The number of hydrogen-bond donors (Lipinski definition) is 0. The molecule has 0 aliphatic carbocycles. The Morgan fingerprint density at radius 2 is 1.67 bits per heavy atom. The van der Waals surface area contributed by atoms with Gasteiger partial charge < -0.3 is 9.80 Å². The minimum absolute atomic E-state index is 0.232. The van der Waals surface area contributed by atoms with E-state index in [4.69, 9.17) is 0 Å². The average Bonchev–Trinajstić information content (AvgIpc) is 2.63. The van der Waals surface area contributed by atoms with Gasteiger partial charge in [0.05, 0.1) is 5.56 Å². The molecule has 1 aromatic carbocycles. The van der Waals surface area contributed by atoms with Gasteiger partial charge in [-0.1, -0.05) is 6.07 Å². The van der Waals surface area contributed by atoms with Crippen LogP contribution < -0.4 is 4.90 Å². The van der Waals surface area contributed by atoms with Crippen LogP contribution in [0.15, 0.2) is 30.5 Å². The van der Waals surface area contributed by atoms with Gasteiger partial charge in [0.25, 0.3) is 5.91 Å². The van der Waals surface area contributed by atoms with Crippen molar-refractivity contribution in [3.63, 3.8) is 0 Å². The van der Waals surface area contributed by atoms with Gasteiger partial charge in [-0.2, -0.15) is 0 Å². The average molecular weight is 339 g/mol. The van der Waals surface area contributed by atoms with E-state index >= 15 is 0 Å². The van der Waals surface area contributed by atoms with Gasteiger partial charge in [0, 0.05) is 32.4 Å². The van der Waals surface area contributed by atoms with Crippen molar-refractivity contribution in [1.82, 2.24) is 9.88 Å². The molecule has 0 bridgehead atoms. The van der Waals surface area contributed by atoms with Gasteiger partial charge >= 0.3 is 0 Å². The third-order valence-corrected chi connectivity index (χ3v) is 3.87. The van der Waals surface area contributed by atoms with Crippen molar-refractivity contribution in [1.29, 1.82) is 0 Å². The van der Waals surface area contributed by atoms with Crippen molar-refractivity contribution in [2.75, 3.05) is 31.1 Å². The fourth-order valence-electron chi connectivity index (χ4n) is 2.58. The van der Waals surface area contributed by atoms with Gasteiger partial charge in [-0.15, -0.1) is 0 Å². The Labute approximate surface area is 135 Å². The number of rotatable bonds is 2. The van der Waals surface area contributed by atoms with Crippen LogP contribution in [-0.2, 0) is 0 Å². The summed E-state index contributed by atoms with van der Waals surface area (Å²) in [6, 6.07) is 5.83. The number of nitrogens with zero attached hydrogens (tertiary/aromatic N) is 3. The summed E-state index contributed by atoms with van der Waals surface area (Å²) in [4.78, 5) is 19.7. The van der Waals surface area contributed by atoms with Gasteiger partial charge in [0.1, 0.15) is 5.82 Å². The first kappa shape index (κ1) is 16.2. The lowest BCUT2D eigenvalue weighted by Crippen LogP contribution is -2.49. The van der Waals surface area contributed by atoms with Crippen LogP contribution in [0.3, 0.4) is 0 Å². The second kappa shape index (κ2) is 6.46. The highest BCUT2D eigenvalue weighted by molar-refractivity contribution is 5.94. The topological polar surface area (TPSA) is 36.4 Å². The summed E-state index contributed by atoms with van der Waals surface area (Å²) in [7, 11) is 0. The first-order valence-electron chi connectivity index (χ1n) is 7.27. The van der Waals surface area contributed by atoms with Crippen molar-refractivity contribution in [3.05, 3.63) is 59.3 Å². The number of anilines is 1. The zero-order valence-corrected chi connectivity index (χ0v) is 12.5. The summed E-state index contributed by atoms with van der Waals surface area (Å²) >= 11 is 0. The van der Waals surface area contributed by atoms with E-state index in [1.165, 1.54) is 4.90 Å². The highest BCUT2D eigenvalue weighted by Crippen LogP contribution is 2.21. The quantitative estimate of drug-likeness (QED) is 0.479. The van der Waals surface area contributed by atoms with Gasteiger partial charge in [-0.3, -0.25) is 4.79 Å². The van der Waals surface area contributed by atoms with E-state index in [0.29, 0.717) is 19.2 Å². The van der Waals surface area contributed by atoms with Gasteiger partial charge in [-0.05, 0) is 18.2 Å². The second-order valence-corrected chi connectivity index (χ2v) is 5.32. The van der Waals surface area contributed by atoms with Crippen molar-refractivity contribution in [2.45, 2.75) is 0 Å². The Balaban J connectivity index is 1.74. The number of hydrogen-bond acceptors (Lipinski definition) is 3. The largest absolute Gasteiger partial charge is 0.353 e. The van der Waals surface area contributed by atoms with Gasteiger partial charge in [0.2, 0.25) is 0 Å². The molecule has 1 saturated heterocycles. The van der Waals surface area contributed by atoms with Crippen LogP contribution in [0.1, 0.15) is 10.4 Å². The number of piperazine rings is 1. The molecule has 1 aliphatic heterocycles. The molecule has 8 heteroatoms. The molecule has 1 aliphatic rings. The van der Waals surface area contributed by atoms with Crippen molar-refractivity contribution < 1.29 is 22.4 Å². The van der Waals surface area contributed by atoms with E-state index in [2.05, 4.69) is 4.98 Å². The Kier molecular flexibility index (Phi) is 4.37. The molecule has 24 heavy (non-hydrogen) atoms. The monoisotopic (exact) mass is 339 g/mol. The third-order valence-electron chi connectivity index (χ3n) is 3.87. The molecular formula is C16H13F4N3O. The molecule has 4 nitrogen and oxygen atoms in total. The Hall–Kier alpha value is -2.64. The van der Waals surface area contributed by atoms with Crippen LogP contribution in [0.2, 0.25) is 0 Å². The van der Waals surface area contributed by atoms with Crippen LogP contribution in [0, 0.1) is 23.3 Å². The number of aromatic nitrogens is 1. The van der Waals surface area contributed by atoms with E-state index in [1.54, 1.807) is 12.3 Å². The number of pyridine rings is 1. The van der Waals surface area contributed by atoms with E-state index < -0.39 is 34.7 Å².